The van der Waals surface area contributed by atoms with Gasteiger partial charge in [-0.3, -0.25) is 0 Å². The van der Waals surface area contributed by atoms with E-state index in [0.29, 0.717) is 0 Å². The van der Waals surface area contributed by atoms with Gasteiger partial charge in [-0.2, -0.15) is 0 Å². The quantitative estimate of drug-likeness (QED) is 0.901. The monoisotopic (exact) mass is 311 g/mol. The summed E-state index contributed by atoms with van der Waals surface area (Å²) in [6, 6.07) is 2.69. The van der Waals surface area contributed by atoms with E-state index >= 15 is 0 Å². The van der Waals surface area contributed by atoms with Crippen molar-refractivity contribution >= 4 is 33.2 Å². The first-order chi connectivity index (χ1) is 8.07. The van der Waals surface area contributed by atoms with E-state index in [1.165, 1.54) is 12.1 Å². The molecule has 7 heteroatoms. The molecule has 0 amide bonds. The van der Waals surface area contributed by atoms with E-state index < -0.39 is 15.6 Å². The molecule has 0 aliphatic carbocycles. The first-order valence-electron chi connectivity index (χ1n) is 5.19. The summed E-state index contributed by atoms with van der Waals surface area (Å²) >= 11 is 11.8. The largest absolute Gasteiger partial charge is 0.392 e. The number of aliphatic hydroxyl groups is 1. The van der Waals surface area contributed by atoms with Gasteiger partial charge in [-0.15, -0.1) is 0 Å². The van der Waals surface area contributed by atoms with E-state index in [2.05, 4.69) is 4.72 Å². The topological polar surface area (TPSA) is 66.4 Å². The minimum Gasteiger partial charge on any atom is -0.392 e. The minimum atomic E-state index is -3.78. The standard InChI is InChI=1S/C11H15Cl2NO3S/c1-11(2,3)14-18(16,17)9-5-8(12)4-7(6-15)10(9)13/h4-5,14-15H,6H2,1-3H3. The number of rotatable bonds is 3. The van der Waals surface area contributed by atoms with Gasteiger partial charge in [0.2, 0.25) is 10.0 Å². The van der Waals surface area contributed by atoms with Crippen LogP contribution in [0, 0.1) is 0 Å². The molecule has 0 radical (unpaired) electrons. The summed E-state index contributed by atoms with van der Waals surface area (Å²) in [6.07, 6.45) is 0. The predicted molar refractivity (Wildman–Crippen MR) is 72.5 cm³/mol. The Labute approximate surface area is 117 Å². The zero-order chi connectivity index (χ0) is 14.1. The number of halogens is 2. The van der Waals surface area contributed by atoms with Gasteiger partial charge in [-0.05, 0) is 38.5 Å². The lowest BCUT2D eigenvalue weighted by Crippen LogP contribution is -2.40. The third-order valence-electron chi connectivity index (χ3n) is 1.98. The molecule has 0 spiro atoms. The molecule has 0 aliphatic rings. The molecule has 0 fully saturated rings. The Morgan fingerprint density at radius 1 is 1.28 bits per heavy atom. The van der Waals surface area contributed by atoms with E-state index in [0.717, 1.165) is 0 Å². The summed E-state index contributed by atoms with van der Waals surface area (Å²) in [7, 11) is -3.78. The smallest absolute Gasteiger partial charge is 0.242 e. The normalized spacial score (nSPS) is 12.8. The summed E-state index contributed by atoms with van der Waals surface area (Å²) < 4.78 is 26.8. The highest BCUT2D eigenvalue weighted by atomic mass is 35.5. The van der Waals surface area contributed by atoms with Gasteiger partial charge in [0.15, 0.2) is 0 Å². The van der Waals surface area contributed by atoms with Crippen molar-refractivity contribution in [3.05, 3.63) is 27.7 Å². The average molecular weight is 312 g/mol. The van der Waals surface area contributed by atoms with E-state index in [9.17, 15) is 8.42 Å². The highest BCUT2D eigenvalue weighted by Crippen LogP contribution is 2.30. The lowest BCUT2D eigenvalue weighted by molar-refractivity contribution is 0.281. The number of aliphatic hydroxyl groups excluding tert-OH is 1. The van der Waals surface area contributed by atoms with Crippen LogP contribution in [0.3, 0.4) is 0 Å². The van der Waals surface area contributed by atoms with Crippen molar-refractivity contribution in [3.8, 4) is 0 Å². The van der Waals surface area contributed by atoms with Gasteiger partial charge in [-0.25, -0.2) is 13.1 Å². The van der Waals surface area contributed by atoms with Crippen molar-refractivity contribution in [2.24, 2.45) is 0 Å². The third-order valence-corrected chi connectivity index (χ3v) is 4.54. The van der Waals surface area contributed by atoms with Crippen molar-refractivity contribution < 1.29 is 13.5 Å². The summed E-state index contributed by atoms with van der Waals surface area (Å²) in [6.45, 7) is 4.78. The molecule has 1 aromatic carbocycles. The second-order valence-electron chi connectivity index (χ2n) is 4.89. The molecule has 0 saturated heterocycles. The summed E-state index contributed by atoms with van der Waals surface area (Å²) in [4.78, 5) is -0.129. The summed E-state index contributed by atoms with van der Waals surface area (Å²) in [5, 5.41) is 9.30. The Kier molecular flexibility index (Phi) is 4.67. The molecule has 1 aromatic rings. The van der Waals surface area contributed by atoms with Crippen molar-refractivity contribution in [2.45, 2.75) is 37.8 Å². The average Bonchev–Trinajstić information content (AvgIpc) is 2.17. The highest BCUT2D eigenvalue weighted by Gasteiger charge is 2.25. The van der Waals surface area contributed by atoms with Gasteiger partial charge >= 0.3 is 0 Å². The molecule has 0 saturated carbocycles. The Morgan fingerprint density at radius 2 is 1.83 bits per heavy atom. The van der Waals surface area contributed by atoms with Crippen LogP contribution in [0.25, 0.3) is 0 Å². The molecule has 0 aromatic heterocycles. The van der Waals surface area contributed by atoms with Crippen LogP contribution in [0.5, 0.6) is 0 Å². The fourth-order valence-electron chi connectivity index (χ4n) is 1.39. The number of benzene rings is 1. The van der Waals surface area contributed by atoms with Crippen LogP contribution in [0.1, 0.15) is 26.3 Å². The Hall–Kier alpha value is -0.330. The fraction of sp³-hybridized carbons (Fsp3) is 0.455. The Balaban J connectivity index is 3.37. The molecule has 2 N–H and O–H groups in total. The Morgan fingerprint density at radius 3 is 2.28 bits per heavy atom. The van der Waals surface area contributed by atoms with E-state index in [-0.39, 0.29) is 27.1 Å². The number of nitrogens with one attached hydrogen (secondary N) is 1. The maximum Gasteiger partial charge on any atom is 0.242 e. The highest BCUT2D eigenvalue weighted by molar-refractivity contribution is 7.89. The zero-order valence-electron chi connectivity index (χ0n) is 10.3. The minimum absolute atomic E-state index is 0.0151. The second kappa shape index (κ2) is 5.35. The van der Waals surface area contributed by atoms with Gasteiger partial charge in [0.05, 0.1) is 11.6 Å². The van der Waals surface area contributed by atoms with Crippen LogP contribution in [-0.2, 0) is 16.6 Å². The SMILES string of the molecule is CC(C)(C)NS(=O)(=O)c1cc(Cl)cc(CO)c1Cl. The maximum atomic E-state index is 12.2. The molecular formula is C11H15Cl2NO3S. The van der Waals surface area contributed by atoms with Crippen molar-refractivity contribution in [1.29, 1.82) is 0 Å². The first kappa shape index (κ1) is 15.7. The molecule has 18 heavy (non-hydrogen) atoms. The van der Waals surface area contributed by atoms with Crippen molar-refractivity contribution in [3.63, 3.8) is 0 Å². The van der Waals surface area contributed by atoms with Crippen LogP contribution < -0.4 is 4.72 Å². The van der Waals surface area contributed by atoms with Crippen molar-refractivity contribution in [2.75, 3.05) is 0 Å². The molecule has 4 nitrogen and oxygen atoms in total. The molecular weight excluding hydrogens is 297 g/mol. The van der Waals surface area contributed by atoms with Gasteiger partial charge < -0.3 is 5.11 Å². The van der Waals surface area contributed by atoms with Crippen LogP contribution in [0.2, 0.25) is 10.0 Å². The fourth-order valence-corrected chi connectivity index (χ4v) is 3.73. The van der Waals surface area contributed by atoms with Crippen LogP contribution >= 0.6 is 23.2 Å². The summed E-state index contributed by atoms with van der Waals surface area (Å²) in [5.74, 6) is 0. The predicted octanol–water partition coefficient (Wildman–Crippen LogP) is 2.56. The van der Waals surface area contributed by atoms with E-state index in [1.54, 1.807) is 20.8 Å². The molecule has 102 valence electrons. The molecule has 1 rings (SSSR count). The number of sulfonamides is 1. The lowest BCUT2D eigenvalue weighted by atomic mass is 10.1. The van der Waals surface area contributed by atoms with Gasteiger partial charge in [0.1, 0.15) is 4.90 Å². The van der Waals surface area contributed by atoms with E-state index in [4.69, 9.17) is 28.3 Å². The molecule has 0 atom stereocenters. The van der Waals surface area contributed by atoms with Crippen molar-refractivity contribution in [1.82, 2.24) is 4.72 Å². The van der Waals surface area contributed by atoms with Gasteiger partial charge in [-0.1, -0.05) is 23.2 Å². The van der Waals surface area contributed by atoms with E-state index in [1.807, 2.05) is 0 Å². The maximum absolute atomic E-state index is 12.2. The summed E-state index contributed by atoms with van der Waals surface area (Å²) in [5.41, 5.74) is -0.359. The van der Waals surface area contributed by atoms with Crippen LogP contribution in [0.15, 0.2) is 17.0 Å². The van der Waals surface area contributed by atoms with Gasteiger partial charge in [0.25, 0.3) is 0 Å². The zero-order valence-corrected chi connectivity index (χ0v) is 12.6. The number of hydrogen-bond acceptors (Lipinski definition) is 3. The lowest BCUT2D eigenvalue weighted by Gasteiger charge is -2.21. The molecule has 0 unspecified atom stereocenters. The first-order valence-corrected chi connectivity index (χ1v) is 7.43. The second-order valence-corrected chi connectivity index (χ2v) is 7.36. The van der Waals surface area contributed by atoms with Crippen LogP contribution in [-0.4, -0.2) is 19.1 Å². The van der Waals surface area contributed by atoms with Gasteiger partial charge in [0, 0.05) is 10.6 Å². The Bertz CT molecular complexity index is 550. The third kappa shape index (κ3) is 3.83. The molecule has 0 aliphatic heterocycles. The molecule has 0 heterocycles. The number of hydrogen-bond donors (Lipinski definition) is 2. The van der Waals surface area contributed by atoms with Crippen LogP contribution in [0.4, 0.5) is 0 Å². The molecule has 0 bridgehead atoms.